The second kappa shape index (κ2) is 7.34. The number of rotatable bonds is 5. The highest BCUT2D eigenvalue weighted by molar-refractivity contribution is 6.00. The van der Waals surface area contributed by atoms with Crippen molar-refractivity contribution in [2.45, 2.75) is 19.4 Å². The number of nitrogens with zero attached hydrogens (tertiary/aromatic N) is 1. The van der Waals surface area contributed by atoms with Crippen molar-refractivity contribution < 1.29 is 23.9 Å². The highest BCUT2D eigenvalue weighted by atomic mass is 16.5. The van der Waals surface area contributed by atoms with Crippen molar-refractivity contribution in [3.05, 3.63) is 53.6 Å². The van der Waals surface area contributed by atoms with E-state index in [1.807, 2.05) is 6.07 Å². The van der Waals surface area contributed by atoms with Gasteiger partial charge >= 0.3 is 5.97 Å². The summed E-state index contributed by atoms with van der Waals surface area (Å²) in [4.78, 5) is 37.9. The van der Waals surface area contributed by atoms with E-state index in [1.165, 1.54) is 7.11 Å². The van der Waals surface area contributed by atoms with Crippen molar-refractivity contribution in [2.24, 2.45) is 5.92 Å². The molecule has 2 aliphatic rings. The fourth-order valence-electron chi connectivity index (χ4n) is 3.14. The molecule has 7 nitrogen and oxygen atoms in total. The molecular formula is C21H20N2O5. The number of carbonyl (C=O) groups excluding carboxylic acids is 3. The molecular weight excluding hydrogens is 360 g/mol. The molecule has 1 fully saturated rings. The van der Waals surface area contributed by atoms with E-state index in [9.17, 15) is 14.4 Å². The van der Waals surface area contributed by atoms with E-state index in [2.05, 4.69) is 5.32 Å². The van der Waals surface area contributed by atoms with Crippen LogP contribution in [0.5, 0.6) is 5.75 Å². The van der Waals surface area contributed by atoms with Crippen molar-refractivity contribution >= 4 is 29.2 Å². The van der Waals surface area contributed by atoms with Gasteiger partial charge in [0.1, 0.15) is 5.75 Å². The van der Waals surface area contributed by atoms with E-state index >= 15 is 0 Å². The standard InChI is InChI=1S/C21H20N2O5/c1-27-21(26)15-4-2-3-13(9-15)11-23-17-10-16(22-20(25)14-5-6-14)7-8-18(17)28-12-19(23)24/h2-4,7-10,14H,5-6,11-12H2,1H3,(H,22,25). The summed E-state index contributed by atoms with van der Waals surface area (Å²) in [6, 6.07) is 12.2. The molecule has 1 heterocycles. The number of hydrogen-bond acceptors (Lipinski definition) is 5. The molecule has 1 N–H and O–H groups in total. The number of amides is 2. The van der Waals surface area contributed by atoms with E-state index in [-0.39, 0.29) is 30.9 Å². The van der Waals surface area contributed by atoms with Gasteiger partial charge < -0.3 is 19.7 Å². The maximum atomic E-state index is 12.5. The summed E-state index contributed by atoms with van der Waals surface area (Å²) < 4.78 is 10.3. The highest BCUT2D eigenvalue weighted by Gasteiger charge is 2.30. The monoisotopic (exact) mass is 380 g/mol. The third-order valence-electron chi connectivity index (χ3n) is 4.81. The van der Waals surface area contributed by atoms with Crippen molar-refractivity contribution in [3.8, 4) is 5.75 Å². The second-order valence-electron chi connectivity index (χ2n) is 6.91. The molecule has 1 saturated carbocycles. The first kappa shape index (κ1) is 18.0. The van der Waals surface area contributed by atoms with Gasteiger partial charge in [-0.15, -0.1) is 0 Å². The number of esters is 1. The number of hydrogen-bond donors (Lipinski definition) is 1. The Balaban J connectivity index is 1.60. The zero-order valence-corrected chi connectivity index (χ0v) is 15.4. The topological polar surface area (TPSA) is 84.9 Å². The second-order valence-corrected chi connectivity index (χ2v) is 6.91. The molecule has 144 valence electrons. The Kier molecular flexibility index (Phi) is 4.73. The Hall–Kier alpha value is -3.35. The Morgan fingerprint density at radius 3 is 2.79 bits per heavy atom. The lowest BCUT2D eigenvalue weighted by Crippen LogP contribution is -2.38. The molecule has 0 aromatic heterocycles. The van der Waals surface area contributed by atoms with E-state index in [0.717, 1.165) is 18.4 Å². The molecule has 2 amide bonds. The van der Waals surface area contributed by atoms with Gasteiger partial charge in [-0.2, -0.15) is 0 Å². The zero-order chi connectivity index (χ0) is 19.7. The van der Waals surface area contributed by atoms with Gasteiger partial charge in [0.15, 0.2) is 6.61 Å². The Morgan fingerprint density at radius 2 is 2.04 bits per heavy atom. The lowest BCUT2D eigenvalue weighted by molar-refractivity contribution is -0.121. The first-order valence-corrected chi connectivity index (χ1v) is 9.10. The number of methoxy groups -OCH3 is 1. The molecule has 0 saturated heterocycles. The summed E-state index contributed by atoms with van der Waals surface area (Å²) >= 11 is 0. The molecule has 7 heteroatoms. The summed E-state index contributed by atoms with van der Waals surface area (Å²) in [6.45, 7) is 0.220. The zero-order valence-electron chi connectivity index (χ0n) is 15.4. The molecule has 0 unspecified atom stereocenters. The quantitative estimate of drug-likeness (QED) is 0.807. The molecule has 1 aliphatic heterocycles. The average molecular weight is 380 g/mol. The van der Waals surface area contributed by atoms with E-state index in [1.54, 1.807) is 41.3 Å². The summed E-state index contributed by atoms with van der Waals surface area (Å²) in [7, 11) is 1.33. The van der Waals surface area contributed by atoms with E-state index in [0.29, 0.717) is 22.7 Å². The van der Waals surface area contributed by atoms with Crippen LogP contribution in [0.15, 0.2) is 42.5 Å². The third kappa shape index (κ3) is 3.69. The first-order chi connectivity index (χ1) is 13.5. The number of benzene rings is 2. The minimum Gasteiger partial charge on any atom is -0.482 e. The Labute approximate surface area is 162 Å². The Morgan fingerprint density at radius 1 is 1.21 bits per heavy atom. The molecule has 2 aromatic rings. The molecule has 28 heavy (non-hydrogen) atoms. The maximum Gasteiger partial charge on any atom is 0.337 e. The smallest absolute Gasteiger partial charge is 0.337 e. The largest absolute Gasteiger partial charge is 0.482 e. The van der Waals surface area contributed by atoms with E-state index < -0.39 is 5.97 Å². The van der Waals surface area contributed by atoms with Crippen LogP contribution in [0.1, 0.15) is 28.8 Å². The Bertz CT molecular complexity index is 952. The molecule has 0 radical (unpaired) electrons. The fraction of sp³-hybridized carbons (Fsp3) is 0.286. The van der Waals surface area contributed by atoms with Crippen LogP contribution in [0, 0.1) is 5.92 Å². The van der Waals surface area contributed by atoms with E-state index in [4.69, 9.17) is 9.47 Å². The maximum absolute atomic E-state index is 12.5. The number of anilines is 2. The lowest BCUT2D eigenvalue weighted by Gasteiger charge is -2.30. The number of fused-ring (bicyclic) bond motifs is 1. The van der Waals surface area contributed by atoms with Gasteiger partial charge in [-0.1, -0.05) is 12.1 Å². The fourth-order valence-corrected chi connectivity index (χ4v) is 3.14. The van der Waals surface area contributed by atoms with Crippen molar-refractivity contribution in [3.63, 3.8) is 0 Å². The van der Waals surface area contributed by atoms with Crippen molar-refractivity contribution in [2.75, 3.05) is 23.9 Å². The molecule has 2 aromatic carbocycles. The molecule has 0 atom stereocenters. The number of carbonyl (C=O) groups is 3. The normalized spacial score (nSPS) is 15.5. The van der Waals surface area contributed by atoms with Crippen molar-refractivity contribution in [1.82, 2.24) is 0 Å². The predicted molar refractivity (Wildman–Crippen MR) is 102 cm³/mol. The minimum atomic E-state index is -0.430. The van der Waals surface area contributed by atoms with Gasteiger partial charge in [0.05, 0.1) is 24.9 Å². The van der Waals surface area contributed by atoms with Crippen LogP contribution in [0.2, 0.25) is 0 Å². The van der Waals surface area contributed by atoms with Crippen LogP contribution in [-0.2, 0) is 20.9 Å². The predicted octanol–water partition coefficient (Wildman–Crippen LogP) is 2.75. The van der Waals surface area contributed by atoms with Crippen molar-refractivity contribution in [1.29, 1.82) is 0 Å². The van der Waals surface area contributed by atoms with Gasteiger partial charge in [-0.05, 0) is 48.7 Å². The van der Waals surface area contributed by atoms with Crippen LogP contribution >= 0.6 is 0 Å². The first-order valence-electron chi connectivity index (χ1n) is 9.10. The number of ether oxygens (including phenoxy) is 2. The molecule has 0 bridgehead atoms. The highest BCUT2D eigenvalue weighted by Crippen LogP contribution is 2.36. The third-order valence-corrected chi connectivity index (χ3v) is 4.81. The van der Waals surface area contributed by atoms with Crippen LogP contribution < -0.4 is 15.0 Å². The van der Waals surface area contributed by atoms with Crippen LogP contribution in [0.25, 0.3) is 0 Å². The summed E-state index contributed by atoms with van der Waals surface area (Å²) in [6.07, 6.45) is 1.84. The molecule has 4 rings (SSSR count). The van der Waals surface area contributed by atoms with Gasteiger partial charge in [-0.25, -0.2) is 4.79 Å². The average Bonchev–Trinajstić information content (AvgIpc) is 3.55. The van der Waals surface area contributed by atoms with Gasteiger partial charge in [0.25, 0.3) is 5.91 Å². The summed E-state index contributed by atoms with van der Waals surface area (Å²) in [5.41, 5.74) is 2.43. The SMILES string of the molecule is COC(=O)c1cccc(CN2C(=O)COc3ccc(NC(=O)C4CC4)cc32)c1. The summed E-state index contributed by atoms with van der Waals surface area (Å²) in [5.74, 6) is 0.0434. The summed E-state index contributed by atoms with van der Waals surface area (Å²) in [5, 5.41) is 2.89. The minimum absolute atomic E-state index is 0.000309. The van der Waals surface area contributed by atoms with Gasteiger partial charge in [0.2, 0.25) is 5.91 Å². The van der Waals surface area contributed by atoms with Crippen LogP contribution in [0.3, 0.4) is 0 Å². The van der Waals surface area contributed by atoms with Crippen LogP contribution in [-0.4, -0.2) is 31.5 Å². The van der Waals surface area contributed by atoms with Gasteiger partial charge in [0, 0.05) is 11.6 Å². The molecule has 0 spiro atoms. The van der Waals surface area contributed by atoms with Gasteiger partial charge in [-0.3, -0.25) is 9.59 Å². The lowest BCUT2D eigenvalue weighted by atomic mass is 10.1. The van der Waals surface area contributed by atoms with Crippen LogP contribution in [0.4, 0.5) is 11.4 Å². The molecule has 1 aliphatic carbocycles. The number of nitrogens with one attached hydrogen (secondary N) is 1.